The molecule has 6 nitrogen and oxygen atoms in total. The molecule has 2 N–H and O–H groups in total. The van der Waals surface area contributed by atoms with E-state index < -0.39 is 11.8 Å². The van der Waals surface area contributed by atoms with Crippen LogP contribution in [0, 0.1) is 11.7 Å². The highest BCUT2D eigenvalue weighted by molar-refractivity contribution is 5.90. The molecule has 0 aromatic heterocycles. The number of carboxylic acid groups (broad SMARTS) is 1. The average molecular weight is 282 g/mol. The lowest BCUT2D eigenvalue weighted by Crippen LogP contribution is -2.52. The van der Waals surface area contributed by atoms with E-state index in [1.807, 2.05) is 0 Å². The minimum Gasteiger partial charge on any atom is -0.494 e. The number of halogens is 1. The van der Waals surface area contributed by atoms with Crippen LogP contribution in [0.25, 0.3) is 0 Å². The van der Waals surface area contributed by atoms with Crippen molar-refractivity contribution in [2.75, 3.05) is 25.5 Å². The fourth-order valence-corrected chi connectivity index (χ4v) is 2.06. The highest BCUT2D eigenvalue weighted by Gasteiger charge is 2.32. The van der Waals surface area contributed by atoms with E-state index in [9.17, 15) is 14.0 Å². The number of rotatable bonds is 4. The van der Waals surface area contributed by atoms with Crippen LogP contribution in [0.15, 0.2) is 18.2 Å². The zero-order valence-corrected chi connectivity index (χ0v) is 10.9. The third-order valence-electron chi connectivity index (χ3n) is 3.11. The summed E-state index contributed by atoms with van der Waals surface area (Å²) in [6, 6.07) is 3.77. The van der Waals surface area contributed by atoms with Gasteiger partial charge in [-0.15, -0.1) is 0 Å². The van der Waals surface area contributed by atoms with Gasteiger partial charge in [0.05, 0.1) is 13.5 Å². The largest absolute Gasteiger partial charge is 0.494 e. The minimum absolute atomic E-state index is 0.00847. The Morgan fingerprint density at radius 2 is 2.20 bits per heavy atom. The highest BCUT2D eigenvalue weighted by atomic mass is 19.1. The zero-order chi connectivity index (χ0) is 14.7. The second kappa shape index (κ2) is 5.77. The van der Waals surface area contributed by atoms with Crippen LogP contribution in [0.3, 0.4) is 0 Å². The average Bonchev–Trinajstić information content (AvgIpc) is 2.33. The van der Waals surface area contributed by atoms with Gasteiger partial charge >= 0.3 is 12.0 Å². The fraction of sp³-hybridized carbons (Fsp3) is 0.385. The molecule has 0 spiro atoms. The number of urea groups is 1. The summed E-state index contributed by atoms with van der Waals surface area (Å²) in [4.78, 5) is 23.8. The van der Waals surface area contributed by atoms with Gasteiger partial charge in [-0.3, -0.25) is 4.79 Å². The van der Waals surface area contributed by atoms with Crippen LogP contribution in [0.4, 0.5) is 14.9 Å². The number of benzene rings is 1. The third kappa shape index (κ3) is 3.17. The van der Waals surface area contributed by atoms with Crippen LogP contribution in [-0.4, -0.2) is 42.2 Å². The van der Waals surface area contributed by atoms with Gasteiger partial charge < -0.3 is 20.1 Å². The first-order valence-corrected chi connectivity index (χ1v) is 6.11. The summed E-state index contributed by atoms with van der Waals surface area (Å²) in [5.74, 6) is -1.33. The van der Waals surface area contributed by atoms with Crippen LogP contribution in [-0.2, 0) is 4.79 Å². The molecule has 0 saturated carbocycles. The standard InChI is InChI=1S/C13H15FN2O4/c1-20-11-3-2-9(5-10(11)14)15-13(19)16-6-8(7-16)4-12(17)18/h2-3,5,8H,4,6-7H2,1H3,(H,15,19)(H,17,18). The molecule has 1 aromatic carbocycles. The number of likely N-dealkylation sites (tertiary alicyclic amines) is 1. The normalized spacial score (nSPS) is 14.6. The molecule has 1 fully saturated rings. The molecular formula is C13H15FN2O4. The van der Waals surface area contributed by atoms with Crippen molar-refractivity contribution in [2.24, 2.45) is 5.92 Å². The van der Waals surface area contributed by atoms with Crippen LogP contribution >= 0.6 is 0 Å². The molecule has 0 radical (unpaired) electrons. The molecule has 0 aliphatic carbocycles. The first-order chi connectivity index (χ1) is 9.49. The van der Waals surface area contributed by atoms with Crippen molar-refractivity contribution in [2.45, 2.75) is 6.42 Å². The van der Waals surface area contributed by atoms with Gasteiger partial charge in [-0.05, 0) is 12.1 Å². The maximum Gasteiger partial charge on any atom is 0.321 e. The lowest BCUT2D eigenvalue weighted by molar-refractivity contribution is -0.139. The fourth-order valence-electron chi connectivity index (χ4n) is 2.06. The Morgan fingerprint density at radius 3 is 2.75 bits per heavy atom. The van der Waals surface area contributed by atoms with Crippen molar-refractivity contribution < 1.29 is 23.8 Å². The molecule has 1 saturated heterocycles. The number of carbonyl (C=O) groups excluding carboxylic acids is 1. The number of nitrogens with one attached hydrogen (secondary N) is 1. The second-order valence-electron chi connectivity index (χ2n) is 4.65. The summed E-state index contributed by atoms with van der Waals surface area (Å²) in [5.41, 5.74) is 0.329. The Bertz CT molecular complexity index is 529. The number of amides is 2. The van der Waals surface area contributed by atoms with Gasteiger partial charge in [-0.1, -0.05) is 0 Å². The van der Waals surface area contributed by atoms with Crippen LogP contribution in [0.2, 0.25) is 0 Å². The lowest BCUT2D eigenvalue weighted by atomic mass is 9.97. The Hall–Kier alpha value is -2.31. The number of nitrogens with zero attached hydrogens (tertiary/aromatic N) is 1. The molecule has 1 aliphatic heterocycles. The third-order valence-corrected chi connectivity index (χ3v) is 3.11. The topological polar surface area (TPSA) is 78.9 Å². The molecule has 108 valence electrons. The summed E-state index contributed by atoms with van der Waals surface area (Å²) in [6.07, 6.45) is 0.0565. The predicted molar refractivity (Wildman–Crippen MR) is 69.3 cm³/mol. The maximum atomic E-state index is 13.4. The summed E-state index contributed by atoms with van der Waals surface area (Å²) in [5, 5.41) is 11.2. The zero-order valence-electron chi connectivity index (χ0n) is 10.9. The maximum absolute atomic E-state index is 13.4. The summed E-state index contributed by atoms with van der Waals surface area (Å²) in [7, 11) is 1.36. The van der Waals surface area contributed by atoms with E-state index in [4.69, 9.17) is 9.84 Å². The van der Waals surface area contributed by atoms with Crippen LogP contribution < -0.4 is 10.1 Å². The van der Waals surface area contributed by atoms with E-state index in [2.05, 4.69) is 5.32 Å². The Balaban J connectivity index is 1.87. The van der Waals surface area contributed by atoms with Crippen molar-refractivity contribution in [3.8, 4) is 5.75 Å². The molecule has 0 unspecified atom stereocenters. The SMILES string of the molecule is COc1ccc(NC(=O)N2CC(CC(=O)O)C2)cc1F. The van der Waals surface area contributed by atoms with Crippen molar-refractivity contribution in [3.05, 3.63) is 24.0 Å². The summed E-state index contributed by atoms with van der Waals surface area (Å²) in [6.45, 7) is 0.799. The number of ether oxygens (including phenoxy) is 1. The molecule has 1 aromatic rings. The monoisotopic (exact) mass is 282 g/mol. The minimum atomic E-state index is -0.868. The van der Waals surface area contributed by atoms with E-state index in [0.717, 1.165) is 0 Å². The quantitative estimate of drug-likeness (QED) is 0.882. The van der Waals surface area contributed by atoms with Crippen LogP contribution in [0.5, 0.6) is 5.75 Å². The van der Waals surface area contributed by atoms with Crippen molar-refractivity contribution in [1.29, 1.82) is 0 Å². The number of aliphatic carboxylic acids is 1. The van der Waals surface area contributed by atoms with Gasteiger partial charge in [0.1, 0.15) is 0 Å². The molecule has 2 rings (SSSR count). The number of carboxylic acids is 1. The molecule has 0 atom stereocenters. The van der Waals surface area contributed by atoms with Gasteiger partial charge in [0.25, 0.3) is 0 Å². The van der Waals surface area contributed by atoms with Gasteiger partial charge in [-0.25, -0.2) is 9.18 Å². The van der Waals surface area contributed by atoms with E-state index in [1.54, 1.807) is 0 Å². The summed E-state index contributed by atoms with van der Waals surface area (Å²) < 4.78 is 18.2. The van der Waals surface area contributed by atoms with E-state index in [1.165, 1.54) is 30.2 Å². The van der Waals surface area contributed by atoms with Crippen LogP contribution in [0.1, 0.15) is 6.42 Å². The van der Waals surface area contributed by atoms with Gasteiger partial charge in [0.2, 0.25) is 0 Å². The Morgan fingerprint density at radius 1 is 1.50 bits per heavy atom. The first-order valence-electron chi connectivity index (χ1n) is 6.11. The van der Waals surface area contributed by atoms with Crippen molar-refractivity contribution in [1.82, 2.24) is 4.90 Å². The predicted octanol–water partition coefficient (Wildman–Crippen LogP) is 1.77. The molecular weight excluding hydrogens is 267 g/mol. The van der Waals surface area contributed by atoms with Gasteiger partial charge in [0, 0.05) is 30.8 Å². The van der Waals surface area contributed by atoms with E-state index in [0.29, 0.717) is 18.8 Å². The number of hydrogen-bond acceptors (Lipinski definition) is 3. The first kappa shape index (κ1) is 14.1. The van der Waals surface area contributed by atoms with Crippen molar-refractivity contribution >= 4 is 17.7 Å². The molecule has 1 heterocycles. The van der Waals surface area contributed by atoms with E-state index in [-0.39, 0.29) is 24.1 Å². The Labute approximate surface area is 115 Å². The number of methoxy groups -OCH3 is 1. The van der Waals surface area contributed by atoms with Crippen molar-refractivity contribution in [3.63, 3.8) is 0 Å². The highest BCUT2D eigenvalue weighted by Crippen LogP contribution is 2.23. The number of hydrogen-bond donors (Lipinski definition) is 2. The number of carbonyl (C=O) groups is 2. The molecule has 7 heteroatoms. The molecule has 1 aliphatic rings. The smallest absolute Gasteiger partial charge is 0.321 e. The summed E-state index contributed by atoms with van der Waals surface area (Å²) >= 11 is 0. The van der Waals surface area contributed by atoms with E-state index >= 15 is 0 Å². The van der Waals surface area contributed by atoms with Gasteiger partial charge in [-0.2, -0.15) is 0 Å². The molecule has 20 heavy (non-hydrogen) atoms. The molecule has 2 amide bonds. The molecule has 0 bridgehead atoms. The Kier molecular flexibility index (Phi) is 4.07. The second-order valence-corrected chi connectivity index (χ2v) is 4.65. The lowest BCUT2D eigenvalue weighted by Gasteiger charge is -2.38. The number of anilines is 1. The van der Waals surface area contributed by atoms with Gasteiger partial charge in [0.15, 0.2) is 11.6 Å².